The van der Waals surface area contributed by atoms with Crippen molar-refractivity contribution in [3.05, 3.63) is 52.3 Å². The van der Waals surface area contributed by atoms with E-state index in [1.165, 1.54) is 35.8 Å². The molecule has 1 aliphatic rings. The molecule has 0 amide bonds. The minimum Gasteiger partial charge on any atom is -0.363 e. The lowest BCUT2D eigenvalue weighted by Gasteiger charge is -2.13. The first-order valence-electron chi connectivity index (χ1n) is 8.79. The largest absolute Gasteiger partial charge is 0.363 e. The van der Waals surface area contributed by atoms with E-state index in [-0.39, 0.29) is 0 Å². The Bertz CT molecular complexity index is 1110. The number of pyridine rings is 1. The standard InChI is InChI=1S/C19H18N6S/c1-13-15(12-14-7-8-17(26-14)24-10-4-5-11-24)18-21-22-19(25(18)23-13)16-6-2-3-9-20-16/h2-3,6-9,12H,4-5,10-11H2,1H3. The summed E-state index contributed by atoms with van der Waals surface area (Å²) in [6.07, 6.45) is 6.50. The maximum atomic E-state index is 4.64. The highest BCUT2D eigenvalue weighted by molar-refractivity contribution is 7.16. The van der Waals surface area contributed by atoms with E-state index in [1.54, 1.807) is 10.7 Å². The Hall–Kier alpha value is -2.80. The van der Waals surface area contributed by atoms with Gasteiger partial charge in [-0.15, -0.1) is 21.5 Å². The minimum atomic E-state index is 0.673. The number of fused-ring (bicyclic) bond motifs is 1. The highest BCUT2D eigenvalue weighted by Crippen LogP contribution is 2.29. The molecule has 1 saturated heterocycles. The molecule has 130 valence electrons. The van der Waals surface area contributed by atoms with Crippen LogP contribution in [0.4, 0.5) is 5.00 Å². The molecule has 0 radical (unpaired) electrons. The zero-order valence-corrected chi connectivity index (χ0v) is 15.3. The van der Waals surface area contributed by atoms with Crippen LogP contribution in [0.5, 0.6) is 0 Å². The summed E-state index contributed by atoms with van der Waals surface area (Å²) in [6.45, 7) is 4.34. The number of thiophene rings is 1. The predicted molar refractivity (Wildman–Crippen MR) is 103 cm³/mol. The fourth-order valence-electron chi connectivity index (χ4n) is 3.40. The van der Waals surface area contributed by atoms with E-state index in [1.807, 2.05) is 36.5 Å². The van der Waals surface area contributed by atoms with Crippen molar-refractivity contribution in [2.45, 2.75) is 19.8 Å². The van der Waals surface area contributed by atoms with Crippen LogP contribution in [-0.2, 0) is 0 Å². The SMILES string of the molecule is Cc1nn2c(-c3ccccn3)nnc2c1=Cc1ccc(N2CCCC2)s1. The summed E-state index contributed by atoms with van der Waals surface area (Å²) in [7, 11) is 0. The van der Waals surface area contributed by atoms with Gasteiger partial charge >= 0.3 is 0 Å². The number of rotatable bonds is 3. The summed E-state index contributed by atoms with van der Waals surface area (Å²) in [4.78, 5) is 8.04. The first kappa shape index (κ1) is 15.5. The number of anilines is 1. The van der Waals surface area contributed by atoms with Crippen molar-refractivity contribution in [1.82, 2.24) is 24.8 Å². The van der Waals surface area contributed by atoms with Crippen LogP contribution in [0.15, 0.2) is 36.5 Å². The lowest BCUT2D eigenvalue weighted by molar-refractivity contribution is 0.930. The summed E-state index contributed by atoms with van der Waals surface area (Å²) in [6, 6.07) is 10.1. The van der Waals surface area contributed by atoms with Crippen LogP contribution in [0.1, 0.15) is 23.4 Å². The van der Waals surface area contributed by atoms with Crippen LogP contribution in [-0.4, -0.2) is 37.9 Å². The fraction of sp³-hybridized carbons (Fsp3) is 0.263. The van der Waals surface area contributed by atoms with E-state index in [4.69, 9.17) is 0 Å². The molecule has 0 bridgehead atoms. The van der Waals surface area contributed by atoms with Gasteiger partial charge in [0.05, 0.1) is 10.7 Å². The summed E-state index contributed by atoms with van der Waals surface area (Å²) < 4.78 is 1.79. The van der Waals surface area contributed by atoms with Gasteiger partial charge in [0.25, 0.3) is 0 Å². The molecule has 0 unspecified atom stereocenters. The molecule has 0 aromatic carbocycles. The molecule has 1 aliphatic heterocycles. The zero-order valence-electron chi connectivity index (χ0n) is 14.5. The molecule has 4 aromatic heterocycles. The van der Waals surface area contributed by atoms with E-state index in [9.17, 15) is 0 Å². The molecule has 0 saturated carbocycles. The molecular formula is C19H18N6S. The Labute approximate surface area is 154 Å². The normalized spacial score (nSPS) is 15.4. The van der Waals surface area contributed by atoms with Gasteiger partial charge in [0.15, 0.2) is 5.65 Å². The Balaban J connectivity index is 1.58. The lowest BCUT2D eigenvalue weighted by atomic mass is 10.3. The second-order valence-corrected chi connectivity index (χ2v) is 7.58. The van der Waals surface area contributed by atoms with Gasteiger partial charge in [-0.05, 0) is 50.1 Å². The monoisotopic (exact) mass is 362 g/mol. The molecular weight excluding hydrogens is 344 g/mol. The molecule has 1 fully saturated rings. The molecule has 0 aliphatic carbocycles. The average Bonchev–Trinajstić information content (AvgIpc) is 3.42. The summed E-state index contributed by atoms with van der Waals surface area (Å²) in [5, 5.41) is 15.7. The second kappa shape index (κ2) is 6.17. The first-order chi connectivity index (χ1) is 12.8. The van der Waals surface area contributed by atoms with E-state index >= 15 is 0 Å². The van der Waals surface area contributed by atoms with Crippen molar-refractivity contribution >= 4 is 28.1 Å². The molecule has 5 rings (SSSR count). The number of aryl methyl sites for hydroxylation is 1. The van der Waals surface area contributed by atoms with Crippen molar-refractivity contribution in [1.29, 1.82) is 0 Å². The highest BCUT2D eigenvalue weighted by Gasteiger charge is 2.16. The number of hydrogen-bond donors (Lipinski definition) is 0. The zero-order chi connectivity index (χ0) is 17.5. The van der Waals surface area contributed by atoms with Gasteiger partial charge in [-0.1, -0.05) is 6.07 Å². The van der Waals surface area contributed by atoms with Gasteiger partial charge in [0.2, 0.25) is 5.82 Å². The van der Waals surface area contributed by atoms with Gasteiger partial charge in [-0.2, -0.15) is 9.61 Å². The molecule has 0 spiro atoms. The number of aromatic nitrogens is 5. The Morgan fingerprint density at radius 1 is 1.08 bits per heavy atom. The molecule has 26 heavy (non-hydrogen) atoms. The van der Waals surface area contributed by atoms with Crippen LogP contribution < -0.4 is 10.1 Å². The van der Waals surface area contributed by atoms with E-state index < -0.39 is 0 Å². The van der Waals surface area contributed by atoms with Crippen molar-refractivity contribution < 1.29 is 0 Å². The Morgan fingerprint density at radius 3 is 2.77 bits per heavy atom. The molecule has 6 nitrogen and oxygen atoms in total. The average molecular weight is 362 g/mol. The van der Waals surface area contributed by atoms with Crippen molar-refractivity contribution in [2.75, 3.05) is 18.0 Å². The number of hydrogen-bond acceptors (Lipinski definition) is 6. The topological polar surface area (TPSA) is 59.2 Å². The summed E-state index contributed by atoms with van der Waals surface area (Å²) >= 11 is 1.82. The second-order valence-electron chi connectivity index (χ2n) is 6.49. The highest BCUT2D eigenvalue weighted by atomic mass is 32.1. The van der Waals surface area contributed by atoms with Crippen LogP contribution in [0, 0.1) is 6.92 Å². The van der Waals surface area contributed by atoms with Gasteiger partial charge in [0.1, 0.15) is 5.69 Å². The van der Waals surface area contributed by atoms with E-state index in [2.05, 4.69) is 43.4 Å². The summed E-state index contributed by atoms with van der Waals surface area (Å²) in [5.41, 5.74) is 2.50. The van der Waals surface area contributed by atoms with Gasteiger partial charge in [0, 0.05) is 29.4 Å². The van der Waals surface area contributed by atoms with Gasteiger partial charge in [-0.25, -0.2) is 0 Å². The number of nitrogens with zero attached hydrogens (tertiary/aromatic N) is 6. The molecule has 5 heterocycles. The molecule has 0 atom stereocenters. The van der Waals surface area contributed by atoms with Gasteiger partial charge in [-0.3, -0.25) is 4.98 Å². The first-order valence-corrected chi connectivity index (χ1v) is 9.61. The van der Waals surface area contributed by atoms with Crippen LogP contribution >= 0.6 is 11.3 Å². The molecule has 0 N–H and O–H groups in total. The van der Waals surface area contributed by atoms with Crippen LogP contribution in [0.3, 0.4) is 0 Å². The smallest absolute Gasteiger partial charge is 0.203 e. The minimum absolute atomic E-state index is 0.673. The van der Waals surface area contributed by atoms with Gasteiger partial charge < -0.3 is 4.90 Å². The van der Waals surface area contributed by atoms with Crippen molar-refractivity contribution in [2.24, 2.45) is 0 Å². The van der Waals surface area contributed by atoms with E-state index in [0.29, 0.717) is 5.82 Å². The molecule has 7 heteroatoms. The Kier molecular flexibility index (Phi) is 3.67. The lowest BCUT2D eigenvalue weighted by Crippen LogP contribution is -2.15. The summed E-state index contributed by atoms with van der Waals surface area (Å²) in [5.74, 6) is 0.673. The third-order valence-corrected chi connectivity index (χ3v) is 5.83. The van der Waals surface area contributed by atoms with Crippen molar-refractivity contribution in [3.8, 4) is 11.5 Å². The third kappa shape index (κ3) is 2.55. The van der Waals surface area contributed by atoms with Crippen LogP contribution in [0.25, 0.3) is 23.2 Å². The van der Waals surface area contributed by atoms with E-state index in [0.717, 1.165) is 22.3 Å². The maximum absolute atomic E-state index is 4.64. The molecule has 4 aromatic rings. The maximum Gasteiger partial charge on any atom is 0.203 e. The predicted octanol–water partition coefficient (Wildman–Crippen LogP) is 2.70. The third-order valence-electron chi connectivity index (χ3n) is 4.73. The quantitative estimate of drug-likeness (QED) is 0.561. The van der Waals surface area contributed by atoms with Crippen LogP contribution in [0.2, 0.25) is 0 Å². The van der Waals surface area contributed by atoms with Crippen molar-refractivity contribution in [3.63, 3.8) is 0 Å². The fourth-order valence-corrected chi connectivity index (χ4v) is 4.40. The Morgan fingerprint density at radius 2 is 1.96 bits per heavy atom.